The number of benzene rings is 1. The van der Waals surface area contributed by atoms with Crippen LogP contribution in [0.5, 0.6) is 0 Å². The molecule has 0 atom stereocenters. The summed E-state index contributed by atoms with van der Waals surface area (Å²) in [7, 11) is 2.05. The van der Waals surface area contributed by atoms with E-state index in [1.165, 1.54) is 0 Å². The molecule has 1 aromatic carbocycles. The number of ether oxygens (including phenoxy) is 1. The highest BCUT2D eigenvalue weighted by Gasteiger charge is 2.18. The molecular weight excluding hydrogens is 254 g/mol. The third kappa shape index (κ3) is 3.42. The summed E-state index contributed by atoms with van der Waals surface area (Å²) < 4.78 is 5.39. The fraction of sp³-hybridized carbons (Fsp3) is 0.533. The van der Waals surface area contributed by atoms with Gasteiger partial charge in [-0.1, -0.05) is 11.2 Å². The summed E-state index contributed by atoms with van der Waals surface area (Å²) in [6.07, 6.45) is 2.18. The smallest absolute Gasteiger partial charge is 0.172 e. The third-order valence-electron chi connectivity index (χ3n) is 3.82. The first-order chi connectivity index (χ1) is 9.61. The number of oxime groups is 1. The average Bonchev–Trinajstić information content (AvgIpc) is 2.47. The van der Waals surface area contributed by atoms with Crippen molar-refractivity contribution in [3.05, 3.63) is 29.3 Å². The second kappa shape index (κ2) is 6.61. The molecule has 0 radical (unpaired) electrons. The van der Waals surface area contributed by atoms with Gasteiger partial charge in [0.2, 0.25) is 0 Å². The molecule has 0 saturated carbocycles. The molecule has 1 aromatic rings. The zero-order chi connectivity index (χ0) is 14.5. The number of hydrogen-bond donors (Lipinski definition) is 2. The van der Waals surface area contributed by atoms with E-state index in [1.807, 2.05) is 19.1 Å². The number of hydrogen-bond acceptors (Lipinski definition) is 4. The topological polar surface area (TPSA) is 71.1 Å². The van der Waals surface area contributed by atoms with Crippen LogP contribution in [0.4, 0.5) is 5.69 Å². The largest absolute Gasteiger partial charge is 0.409 e. The maximum absolute atomic E-state index is 8.91. The van der Waals surface area contributed by atoms with Gasteiger partial charge in [-0.05, 0) is 43.4 Å². The van der Waals surface area contributed by atoms with Crippen LogP contribution in [0.1, 0.15) is 24.0 Å². The molecule has 0 amide bonds. The van der Waals surface area contributed by atoms with Gasteiger partial charge in [0.25, 0.3) is 0 Å². The summed E-state index contributed by atoms with van der Waals surface area (Å²) in [5.41, 5.74) is 8.71. The molecule has 0 aliphatic carbocycles. The monoisotopic (exact) mass is 277 g/mol. The molecule has 3 N–H and O–H groups in total. The van der Waals surface area contributed by atoms with E-state index in [-0.39, 0.29) is 5.84 Å². The lowest BCUT2D eigenvalue weighted by atomic mass is 9.99. The molecule has 0 spiro atoms. The van der Waals surface area contributed by atoms with Gasteiger partial charge in [-0.3, -0.25) is 0 Å². The molecule has 1 fully saturated rings. The van der Waals surface area contributed by atoms with Crippen LogP contribution in [0, 0.1) is 12.8 Å². The fourth-order valence-electron chi connectivity index (χ4n) is 2.64. The molecule has 1 saturated heterocycles. The van der Waals surface area contributed by atoms with E-state index in [0.29, 0.717) is 5.92 Å². The van der Waals surface area contributed by atoms with Crippen LogP contribution in [0.3, 0.4) is 0 Å². The van der Waals surface area contributed by atoms with Crippen LogP contribution in [0.25, 0.3) is 0 Å². The first-order valence-corrected chi connectivity index (χ1v) is 6.99. The van der Waals surface area contributed by atoms with E-state index in [4.69, 9.17) is 15.7 Å². The first kappa shape index (κ1) is 14.7. The normalized spacial score (nSPS) is 17.2. The predicted octanol–water partition coefficient (Wildman–Crippen LogP) is 1.95. The summed E-state index contributed by atoms with van der Waals surface area (Å²) in [6, 6.07) is 5.95. The number of anilines is 1. The zero-order valence-corrected chi connectivity index (χ0v) is 12.2. The van der Waals surface area contributed by atoms with E-state index >= 15 is 0 Å². The Kier molecular flexibility index (Phi) is 4.84. The van der Waals surface area contributed by atoms with Crippen molar-refractivity contribution in [2.45, 2.75) is 19.8 Å². The molecule has 2 rings (SSSR count). The van der Waals surface area contributed by atoms with Crippen molar-refractivity contribution in [3.8, 4) is 0 Å². The second-order valence-corrected chi connectivity index (χ2v) is 5.44. The Hall–Kier alpha value is -1.75. The maximum atomic E-state index is 8.91. The minimum atomic E-state index is 0.152. The van der Waals surface area contributed by atoms with Crippen molar-refractivity contribution in [2.75, 3.05) is 31.7 Å². The summed E-state index contributed by atoms with van der Waals surface area (Å²) in [5, 5.41) is 12.0. The summed E-state index contributed by atoms with van der Waals surface area (Å²) in [6.45, 7) is 4.69. The van der Waals surface area contributed by atoms with Crippen LogP contribution < -0.4 is 10.6 Å². The molecule has 20 heavy (non-hydrogen) atoms. The number of rotatable bonds is 4. The Morgan fingerprint density at radius 1 is 1.45 bits per heavy atom. The van der Waals surface area contributed by atoms with Crippen LogP contribution in [0.2, 0.25) is 0 Å². The lowest BCUT2D eigenvalue weighted by molar-refractivity contribution is 0.0685. The molecular formula is C15H23N3O2. The highest BCUT2D eigenvalue weighted by Crippen LogP contribution is 2.24. The van der Waals surface area contributed by atoms with Gasteiger partial charge in [0.15, 0.2) is 5.84 Å². The van der Waals surface area contributed by atoms with Gasteiger partial charge in [0.05, 0.1) is 0 Å². The Morgan fingerprint density at radius 2 is 2.15 bits per heavy atom. The number of nitrogens with zero attached hydrogens (tertiary/aromatic N) is 2. The van der Waals surface area contributed by atoms with Crippen LogP contribution in [-0.2, 0) is 4.74 Å². The van der Waals surface area contributed by atoms with Crippen LogP contribution in [-0.4, -0.2) is 37.8 Å². The van der Waals surface area contributed by atoms with E-state index in [9.17, 15) is 0 Å². The van der Waals surface area contributed by atoms with Gasteiger partial charge in [-0.2, -0.15) is 0 Å². The molecule has 1 heterocycles. The van der Waals surface area contributed by atoms with Gasteiger partial charge in [0.1, 0.15) is 0 Å². The van der Waals surface area contributed by atoms with Gasteiger partial charge < -0.3 is 20.6 Å². The molecule has 1 aliphatic rings. The molecule has 5 heteroatoms. The van der Waals surface area contributed by atoms with E-state index in [1.54, 1.807) is 0 Å². The van der Waals surface area contributed by atoms with E-state index < -0.39 is 0 Å². The molecule has 0 unspecified atom stereocenters. The summed E-state index contributed by atoms with van der Waals surface area (Å²) in [4.78, 5) is 2.19. The number of aryl methyl sites for hydroxylation is 1. The fourth-order valence-corrected chi connectivity index (χ4v) is 2.64. The van der Waals surface area contributed by atoms with Gasteiger partial charge >= 0.3 is 0 Å². The Balaban J connectivity index is 2.19. The summed E-state index contributed by atoms with van der Waals surface area (Å²) >= 11 is 0. The number of amidine groups is 1. The van der Waals surface area contributed by atoms with Crippen molar-refractivity contribution in [1.82, 2.24) is 0 Å². The quantitative estimate of drug-likeness (QED) is 0.382. The lowest BCUT2D eigenvalue weighted by Gasteiger charge is -2.29. The Labute approximate surface area is 120 Å². The first-order valence-electron chi connectivity index (χ1n) is 6.99. The maximum Gasteiger partial charge on any atom is 0.172 e. The number of nitrogens with two attached hydrogens (primary N) is 1. The highest BCUT2D eigenvalue weighted by molar-refractivity contribution is 6.02. The van der Waals surface area contributed by atoms with Crippen molar-refractivity contribution in [1.29, 1.82) is 0 Å². The summed E-state index contributed by atoms with van der Waals surface area (Å²) in [5.74, 6) is 0.785. The molecule has 0 bridgehead atoms. The van der Waals surface area contributed by atoms with Crippen LogP contribution in [0.15, 0.2) is 23.4 Å². The van der Waals surface area contributed by atoms with Gasteiger partial charge in [-0.25, -0.2) is 0 Å². The van der Waals surface area contributed by atoms with E-state index in [0.717, 1.165) is 49.4 Å². The van der Waals surface area contributed by atoms with Crippen molar-refractivity contribution in [3.63, 3.8) is 0 Å². The van der Waals surface area contributed by atoms with E-state index in [2.05, 4.69) is 23.2 Å². The highest BCUT2D eigenvalue weighted by atomic mass is 16.5. The molecule has 110 valence electrons. The zero-order valence-electron chi connectivity index (χ0n) is 12.2. The third-order valence-corrected chi connectivity index (χ3v) is 3.82. The minimum Gasteiger partial charge on any atom is -0.409 e. The standard InChI is InChI=1S/C15H23N3O2/c1-11-3-4-13(15(16)17-19)14(9-11)18(2)10-12-5-7-20-8-6-12/h3-4,9,12,19H,5-8,10H2,1-2H3,(H2,16,17). The van der Waals surface area contributed by atoms with Crippen molar-refractivity contribution >= 4 is 11.5 Å². The molecule has 5 nitrogen and oxygen atoms in total. The van der Waals surface area contributed by atoms with Crippen molar-refractivity contribution < 1.29 is 9.94 Å². The Bertz CT molecular complexity index is 482. The lowest BCUT2D eigenvalue weighted by Crippen LogP contribution is -2.31. The molecule has 1 aliphatic heterocycles. The SMILES string of the molecule is Cc1ccc(C(N)=NO)c(N(C)CC2CCOCC2)c1. The van der Waals surface area contributed by atoms with Crippen LogP contribution >= 0.6 is 0 Å². The molecule has 0 aromatic heterocycles. The second-order valence-electron chi connectivity index (χ2n) is 5.44. The minimum absolute atomic E-state index is 0.152. The van der Waals surface area contributed by atoms with Gasteiger partial charge in [-0.15, -0.1) is 0 Å². The van der Waals surface area contributed by atoms with Gasteiger partial charge in [0, 0.05) is 38.1 Å². The Morgan fingerprint density at radius 3 is 2.80 bits per heavy atom. The average molecular weight is 277 g/mol. The van der Waals surface area contributed by atoms with Crippen molar-refractivity contribution in [2.24, 2.45) is 16.8 Å². The predicted molar refractivity (Wildman–Crippen MR) is 80.5 cm³/mol.